The maximum Gasteiger partial charge on any atom is 0.234 e. The zero-order valence-electron chi connectivity index (χ0n) is 13.5. The lowest BCUT2D eigenvalue weighted by Crippen LogP contribution is -2.14. The van der Waals surface area contributed by atoms with Crippen LogP contribution in [0.4, 0.5) is 11.4 Å². The van der Waals surface area contributed by atoms with Gasteiger partial charge in [-0.1, -0.05) is 18.2 Å². The lowest BCUT2D eigenvalue weighted by Gasteiger charge is -2.10. The van der Waals surface area contributed by atoms with E-state index in [1.807, 2.05) is 44.2 Å². The van der Waals surface area contributed by atoms with Crippen molar-refractivity contribution in [1.82, 2.24) is 0 Å². The Kier molecular flexibility index (Phi) is 5.82. The van der Waals surface area contributed by atoms with Crippen LogP contribution < -0.4 is 10.6 Å². The van der Waals surface area contributed by atoms with Gasteiger partial charge in [-0.2, -0.15) is 0 Å². The fraction of sp³-hybridized carbons (Fsp3) is 0.222. The van der Waals surface area contributed by atoms with E-state index in [9.17, 15) is 9.59 Å². The van der Waals surface area contributed by atoms with Crippen LogP contribution in [-0.4, -0.2) is 17.6 Å². The third kappa shape index (κ3) is 5.14. The number of hydrogen-bond donors (Lipinski definition) is 2. The molecule has 2 rings (SSSR count). The first-order chi connectivity index (χ1) is 11.0. The molecule has 0 saturated heterocycles. The molecule has 0 bridgehead atoms. The number of nitrogens with one attached hydrogen (secondary N) is 2. The summed E-state index contributed by atoms with van der Waals surface area (Å²) in [5.74, 6) is 0.196. The molecule has 0 aliphatic heterocycles. The van der Waals surface area contributed by atoms with Gasteiger partial charge < -0.3 is 10.6 Å². The molecule has 0 radical (unpaired) electrons. The van der Waals surface area contributed by atoms with Crippen molar-refractivity contribution >= 4 is 35.0 Å². The van der Waals surface area contributed by atoms with Crippen LogP contribution in [0.25, 0.3) is 0 Å². The Morgan fingerprint density at radius 1 is 1.00 bits per heavy atom. The Morgan fingerprint density at radius 2 is 1.74 bits per heavy atom. The minimum Gasteiger partial charge on any atom is -0.326 e. The fourth-order valence-corrected chi connectivity index (χ4v) is 2.96. The Morgan fingerprint density at radius 3 is 2.39 bits per heavy atom. The average molecular weight is 328 g/mol. The van der Waals surface area contributed by atoms with Gasteiger partial charge in [0.05, 0.1) is 5.75 Å². The molecule has 5 heteroatoms. The van der Waals surface area contributed by atoms with Crippen molar-refractivity contribution in [3.05, 3.63) is 53.6 Å². The van der Waals surface area contributed by atoms with Crippen LogP contribution in [0.1, 0.15) is 18.1 Å². The summed E-state index contributed by atoms with van der Waals surface area (Å²) < 4.78 is 0. The van der Waals surface area contributed by atoms with Gasteiger partial charge in [-0.15, -0.1) is 11.8 Å². The monoisotopic (exact) mass is 328 g/mol. The number of carbonyl (C=O) groups excluding carboxylic acids is 2. The molecule has 0 fully saturated rings. The van der Waals surface area contributed by atoms with Gasteiger partial charge in [0.2, 0.25) is 11.8 Å². The highest BCUT2D eigenvalue weighted by Crippen LogP contribution is 2.23. The number of rotatable bonds is 5. The topological polar surface area (TPSA) is 58.2 Å². The van der Waals surface area contributed by atoms with Crippen LogP contribution in [0.5, 0.6) is 0 Å². The summed E-state index contributed by atoms with van der Waals surface area (Å²) in [5, 5.41) is 5.63. The number of hydrogen-bond acceptors (Lipinski definition) is 3. The Hall–Kier alpha value is -2.27. The summed E-state index contributed by atoms with van der Waals surface area (Å²) in [5.41, 5.74) is 3.56. The molecule has 0 aromatic heterocycles. The van der Waals surface area contributed by atoms with Crippen LogP contribution in [0.3, 0.4) is 0 Å². The molecule has 0 unspecified atom stereocenters. The summed E-state index contributed by atoms with van der Waals surface area (Å²) in [6, 6.07) is 13.4. The van der Waals surface area contributed by atoms with E-state index in [2.05, 4.69) is 10.6 Å². The molecule has 4 nitrogen and oxygen atoms in total. The number of benzene rings is 2. The quantitative estimate of drug-likeness (QED) is 0.816. The smallest absolute Gasteiger partial charge is 0.234 e. The van der Waals surface area contributed by atoms with Crippen LogP contribution in [-0.2, 0) is 9.59 Å². The van der Waals surface area contributed by atoms with E-state index in [4.69, 9.17) is 0 Å². The van der Waals surface area contributed by atoms with Crippen molar-refractivity contribution in [2.24, 2.45) is 0 Å². The average Bonchev–Trinajstić information content (AvgIpc) is 2.49. The first-order valence-corrected chi connectivity index (χ1v) is 8.31. The second-order valence-corrected chi connectivity index (χ2v) is 6.33. The van der Waals surface area contributed by atoms with Crippen LogP contribution in [0, 0.1) is 13.8 Å². The minimum absolute atomic E-state index is 0.0510. The Labute approximate surface area is 140 Å². The molecule has 0 aliphatic rings. The van der Waals surface area contributed by atoms with E-state index in [-0.39, 0.29) is 11.8 Å². The number of carbonyl (C=O) groups is 2. The van der Waals surface area contributed by atoms with Crippen molar-refractivity contribution < 1.29 is 9.59 Å². The molecule has 2 N–H and O–H groups in total. The molecular weight excluding hydrogens is 308 g/mol. The fourth-order valence-electron chi connectivity index (χ4n) is 2.13. The van der Waals surface area contributed by atoms with E-state index >= 15 is 0 Å². The molecule has 0 saturated carbocycles. The molecule has 120 valence electrons. The summed E-state index contributed by atoms with van der Waals surface area (Å²) in [6.45, 7) is 5.39. The molecule has 2 amide bonds. The second kappa shape index (κ2) is 7.83. The molecule has 23 heavy (non-hydrogen) atoms. The van der Waals surface area contributed by atoms with Gasteiger partial charge in [0.25, 0.3) is 0 Å². The number of thioether (sulfide) groups is 1. The van der Waals surface area contributed by atoms with Crippen molar-refractivity contribution in [1.29, 1.82) is 0 Å². The third-order valence-electron chi connectivity index (χ3n) is 3.27. The Bertz CT molecular complexity index is 729. The molecule has 0 heterocycles. The van der Waals surface area contributed by atoms with Gasteiger partial charge in [0.1, 0.15) is 0 Å². The summed E-state index contributed by atoms with van der Waals surface area (Å²) in [7, 11) is 0. The lowest BCUT2D eigenvalue weighted by molar-refractivity contribution is -0.114. The summed E-state index contributed by atoms with van der Waals surface area (Å²) >= 11 is 1.52. The maximum atomic E-state index is 12.1. The zero-order chi connectivity index (χ0) is 16.8. The predicted molar refractivity (Wildman–Crippen MR) is 96.0 cm³/mol. The van der Waals surface area contributed by atoms with Gasteiger partial charge in [0, 0.05) is 23.2 Å². The SMILES string of the molecule is CC(=O)Nc1ccc(NC(=O)CSc2ccccc2C)cc1C. The number of aryl methyl sites for hydroxylation is 2. The van der Waals surface area contributed by atoms with Crippen LogP contribution in [0.2, 0.25) is 0 Å². The van der Waals surface area contributed by atoms with Gasteiger partial charge in [-0.3, -0.25) is 9.59 Å². The molecular formula is C18H20N2O2S. The van der Waals surface area contributed by atoms with Gasteiger partial charge >= 0.3 is 0 Å². The highest BCUT2D eigenvalue weighted by atomic mass is 32.2. The van der Waals surface area contributed by atoms with E-state index in [0.29, 0.717) is 5.75 Å². The van der Waals surface area contributed by atoms with E-state index < -0.39 is 0 Å². The molecule has 0 spiro atoms. The van der Waals surface area contributed by atoms with Gasteiger partial charge in [-0.05, 0) is 49.2 Å². The van der Waals surface area contributed by atoms with E-state index in [1.54, 1.807) is 12.1 Å². The van der Waals surface area contributed by atoms with E-state index in [0.717, 1.165) is 21.8 Å². The standard InChI is InChI=1S/C18H20N2O2S/c1-12-6-4-5-7-17(12)23-11-18(22)20-15-8-9-16(13(2)10-15)19-14(3)21/h4-10H,11H2,1-3H3,(H,19,21)(H,20,22). The maximum absolute atomic E-state index is 12.1. The van der Waals surface area contributed by atoms with Gasteiger partial charge in [-0.25, -0.2) is 0 Å². The van der Waals surface area contributed by atoms with Crippen molar-refractivity contribution in [2.75, 3.05) is 16.4 Å². The second-order valence-electron chi connectivity index (χ2n) is 5.31. The van der Waals surface area contributed by atoms with Crippen LogP contribution >= 0.6 is 11.8 Å². The predicted octanol–water partition coefficient (Wildman–Crippen LogP) is 3.99. The van der Waals surface area contributed by atoms with Crippen molar-refractivity contribution in [3.8, 4) is 0 Å². The normalized spacial score (nSPS) is 10.2. The lowest BCUT2D eigenvalue weighted by atomic mass is 10.1. The van der Waals surface area contributed by atoms with E-state index in [1.165, 1.54) is 24.2 Å². The largest absolute Gasteiger partial charge is 0.326 e. The molecule has 0 atom stereocenters. The Balaban J connectivity index is 1.94. The van der Waals surface area contributed by atoms with Crippen molar-refractivity contribution in [2.45, 2.75) is 25.7 Å². The zero-order valence-corrected chi connectivity index (χ0v) is 14.3. The molecule has 2 aromatic rings. The highest BCUT2D eigenvalue weighted by molar-refractivity contribution is 8.00. The molecule has 2 aromatic carbocycles. The minimum atomic E-state index is -0.112. The third-order valence-corrected chi connectivity index (χ3v) is 4.45. The first-order valence-electron chi connectivity index (χ1n) is 7.32. The van der Waals surface area contributed by atoms with Crippen molar-refractivity contribution in [3.63, 3.8) is 0 Å². The number of amides is 2. The van der Waals surface area contributed by atoms with Crippen LogP contribution in [0.15, 0.2) is 47.4 Å². The summed E-state index contributed by atoms with van der Waals surface area (Å²) in [4.78, 5) is 24.3. The summed E-state index contributed by atoms with van der Waals surface area (Å²) in [6.07, 6.45) is 0. The highest BCUT2D eigenvalue weighted by Gasteiger charge is 2.07. The first kappa shape index (κ1) is 17.1. The number of anilines is 2. The molecule has 0 aliphatic carbocycles. The van der Waals surface area contributed by atoms with Gasteiger partial charge in [0.15, 0.2) is 0 Å².